The lowest BCUT2D eigenvalue weighted by molar-refractivity contribution is 0.00631. The van der Waals surface area contributed by atoms with E-state index >= 15 is 0 Å². The van der Waals surface area contributed by atoms with Gasteiger partial charge in [0.25, 0.3) is 5.91 Å². The average molecular weight is 364 g/mol. The number of amides is 1. The Morgan fingerprint density at radius 2 is 2.10 bits per heavy atom. The molecule has 0 aromatic heterocycles. The zero-order valence-corrected chi connectivity index (χ0v) is 12.3. The third-order valence-corrected chi connectivity index (χ3v) is 3.48. The molecule has 0 aliphatic carbocycles. The van der Waals surface area contributed by atoms with Gasteiger partial charge in [-0.15, -0.1) is 0 Å². The van der Waals surface area contributed by atoms with E-state index in [0.29, 0.717) is 0 Å². The second-order valence-electron chi connectivity index (χ2n) is 4.38. The van der Waals surface area contributed by atoms with Crippen molar-refractivity contribution in [2.75, 3.05) is 19.7 Å². The molecule has 1 unspecified atom stereocenters. The van der Waals surface area contributed by atoms with Crippen LogP contribution in [-0.4, -0.2) is 47.7 Å². The van der Waals surface area contributed by atoms with Gasteiger partial charge in [0.1, 0.15) is 23.3 Å². The van der Waals surface area contributed by atoms with E-state index in [2.05, 4.69) is 21.1 Å². The molecular weight excluding hydrogens is 352 g/mol. The monoisotopic (exact) mass is 363 g/mol. The summed E-state index contributed by atoms with van der Waals surface area (Å²) < 4.78 is 33.0. The van der Waals surface area contributed by atoms with E-state index in [9.17, 15) is 13.6 Å². The van der Waals surface area contributed by atoms with Crippen LogP contribution in [0.2, 0.25) is 0 Å². The molecular formula is C12H12BrF2N3O3. The number of benzene rings is 1. The number of rotatable bonds is 2. The molecule has 2 rings (SSSR count). The zero-order chi connectivity index (χ0) is 15.6. The van der Waals surface area contributed by atoms with E-state index in [1.807, 2.05) is 0 Å². The number of halogens is 3. The Morgan fingerprint density at radius 3 is 2.67 bits per heavy atom. The van der Waals surface area contributed by atoms with Crippen molar-refractivity contribution in [3.8, 4) is 0 Å². The van der Waals surface area contributed by atoms with Gasteiger partial charge in [-0.2, -0.15) is 0 Å². The summed E-state index contributed by atoms with van der Waals surface area (Å²) >= 11 is 2.95. The Morgan fingerprint density at radius 1 is 1.48 bits per heavy atom. The van der Waals surface area contributed by atoms with Gasteiger partial charge in [-0.05, 0) is 12.1 Å². The molecule has 1 aliphatic rings. The molecule has 21 heavy (non-hydrogen) atoms. The highest BCUT2D eigenvalue weighted by molar-refractivity contribution is 9.10. The SMILES string of the molecule is NC(=NO)C1CN(C(=O)c2c(F)cc(Br)cc2F)CCO1. The van der Waals surface area contributed by atoms with E-state index in [1.54, 1.807) is 0 Å². The largest absolute Gasteiger partial charge is 0.409 e. The summed E-state index contributed by atoms with van der Waals surface area (Å²) in [5.41, 5.74) is 4.77. The van der Waals surface area contributed by atoms with Crippen molar-refractivity contribution in [3.05, 3.63) is 33.8 Å². The fourth-order valence-electron chi connectivity index (χ4n) is 1.98. The highest BCUT2D eigenvalue weighted by atomic mass is 79.9. The van der Waals surface area contributed by atoms with Crippen LogP contribution in [0.1, 0.15) is 10.4 Å². The Kier molecular flexibility index (Phi) is 4.73. The number of hydrogen-bond acceptors (Lipinski definition) is 4. The fourth-order valence-corrected chi connectivity index (χ4v) is 2.38. The Labute approximate surface area is 127 Å². The molecule has 9 heteroatoms. The topological polar surface area (TPSA) is 88.2 Å². The highest BCUT2D eigenvalue weighted by Gasteiger charge is 2.30. The normalized spacial score (nSPS) is 19.7. The van der Waals surface area contributed by atoms with Crippen molar-refractivity contribution >= 4 is 27.7 Å². The van der Waals surface area contributed by atoms with Crippen LogP contribution in [0.4, 0.5) is 8.78 Å². The second-order valence-corrected chi connectivity index (χ2v) is 5.30. The minimum absolute atomic E-state index is 0.0519. The number of carbonyl (C=O) groups excluding carboxylic acids is 1. The number of amidine groups is 1. The smallest absolute Gasteiger partial charge is 0.260 e. The van der Waals surface area contributed by atoms with Crippen LogP contribution in [0, 0.1) is 11.6 Å². The summed E-state index contributed by atoms with van der Waals surface area (Å²) in [7, 11) is 0. The zero-order valence-electron chi connectivity index (χ0n) is 10.7. The predicted octanol–water partition coefficient (Wildman–Crippen LogP) is 1.31. The van der Waals surface area contributed by atoms with Crippen LogP contribution in [0.3, 0.4) is 0 Å². The lowest BCUT2D eigenvalue weighted by atomic mass is 10.1. The minimum atomic E-state index is -0.960. The number of nitrogens with two attached hydrogens (primary N) is 1. The van der Waals surface area contributed by atoms with Crippen LogP contribution in [0.5, 0.6) is 0 Å². The van der Waals surface area contributed by atoms with Crippen LogP contribution < -0.4 is 5.73 Å². The molecule has 0 radical (unpaired) electrons. The van der Waals surface area contributed by atoms with E-state index in [4.69, 9.17) is 15.7 Å². The van der Waals surface area contributed by atoms with Gasteiger partial charge in [0.2, 0.25) is 0 Å². The molecule has 1 heterocycles. The molecule has 0 spiro atoms. The van der Waals surface area contributed by atoms with Crippen molar-refractivity contribution in [3.63, 3.8) is 0 Å². The maximum Gasteiger partial charge on any atom is 0.260 e. The molecule has 0 saturated carbocycles. The fraction of sp³-hybridized carbons (Fsp3) is 0.333. The summed E-state index contributed by atoms with van der Waals surface area (Å²) in [5, 5.41) is 11.4. The van der Waals surface area contributed by atoms with Crippen molar-refractivity contribution in [2.45, 2.75) is 6.10 Å². The minimum Gasteiger partial charge on any atom is -0.409 e. The summed E-state index contributed by atoms with van der Waals surface area (Å²) in [6, 6.07) is 2.02. The first-order valence-corrected chi connectivity index (χ1v) is 6.76. The predicted molar refractivity (Wildman–Crippen MR) is 73.1 cm³/mol. The molecule has 3 N–H and O–H groups in total. The quantitative estimate of drug-likeness (QED) is 0.359. The molecule has 114 valence electrons. The molecule has 1 atom stereocenters. The molecule has 1 amide bonds. The molecule has 0 bridgehead atoms. The number of hydrogen-bond donors (Lipinski definition) is 2. The van der Waals surface area contributed by atoms with Crippen LogP contribution in [-0.2, 0) is 4.74 Å². The molecule has 1 aliphatic heterocycles. The summed E-state index contributed by atoms with van der Waals surface area (Å²) in [6.07, 6.45) is -0.811. The summed E-state index contributed by atoms with van der Waals surface area (Å²) in [4.78, 5) is 13.4. The Bertz CT molecular complexity index is 574. The van der Waals surface area contributed by atoms with Gasteiger partial charge >= 0.3 is 0 Å². The van der Waals surface area contributed by atoms with Gasteiger partial charge in [0, 0.05) is 11.0 Å². The van der Waals surface area contributed by atoms with Crippen molar-refractivity contribution in [2.24, 2.45) is 10.9 Å². The van der Waals surface area contributed by atoms with Gasteiger partial charge < -0.3 is 20.6 Å². The Hall–Kier alpha value is -1.74. The van der Waals surface area contributed by atoms with Gasteiger partial charge in [-0.3, -0.25) is 4.79 Å². The van der Waals surface area contributed by atoms with Crippen molar-refractivity contribution < 1.29 is 23.5 Å². The van der Waals surface area contributed by atoms with Crippen LogP contribution in [0.15, 0.2) is 21.8 Å². The molecule has 1 aromatic rings. The first kappa shape index (κ1) is 15.6. The number of nitrogens with zero attached hydrogens (tertiary/aromatic N) is 2. The molecule has 1 fully saturated rings. The van der Waals surface area contributed by atoms with Gasteiger partial charge in [0.15, 0.2) is 5.84 Å². The maximum atomic E-state index is 13.8. The van der Waals surface area contributed by atoms with E-state index in [1.165, 1.54) is 4.90 Å². The van der Waals surface area contributed by atoms with E-state index in [-0.39, 0.29) is 30.0 Å². The van der Waals surface area contributed by atoms with E-state index in [0.717, 1.165) is 12.1 Å². The standard InChI is InChI=1S/C12H12BrF2N3O3/c13-6-3-7(14)10(8(15)4-6)12(19)18-1-2-21-9(5-18)11(16)17-20/h3-4,9,20H,1-2,5H2,(H2,16,17). The van der Waals surface area contributed by atoms with Crippen LogP contribution in [0.25, 0.3) is 0 Å². The summed E-state index contributed by atoms with van der Waals surface area (Å²) in [6.45, 7) is 0.221. The first-order chi connectivity index (χ1) is 9.93. The summed E-state index contributed by atoms with van der Waals surface area (Å²) in [5.74, 6) is -2.93. The maximum absolute atomic E-state index is 13.8. The number of carbonyl (C=O) groups is 1. The Balaban J connectivity index is 2.24. The van der Waals surface area contributed by atoms with Gasteiger partial charge in [0.05, 0.1) is 13.2 Å². The third kappa shape index (κ3) is 3.30. The van der Waals surface area contributed by atoms with Crippen molar-refractivity contribution in [1.82, 2.24) is 4.90 Å². The highest BCUT2D eigenvalue weighted by Crippen LogP contribution is 2.21. The number of morpholine rings is 1. The second kappa shape index (κ2) is 6.35. The number of ether oxygens (including phenoxy) is 1. The third-order valence-electron chi connectivity index (χ3n) is 3.02. The van der Waals surface area contributed by atoms with Crippen LogP contribution >= 0.6 is 15.9 Å². The van der Waals surface area contributed by atoms with E-state index < -0.39 is 29.2 Å². The average Bonchev–Trinajstić information content (AvgIpc) is 2.45. The molecule has 6 nitrogen and oxygen atoms in total. The molecule has 1 saturated heterocycles. The lowest BCUT2D eigenvalue weighted by Crippen LogP contribution is -2.50. The molecule has 1 aromatic carbocycles. The van der Waals surface area contributed by atoms with Gasteiger partial charge in [-0.1, -0.05) is 21.1 Å². The lowest BCUT2D eigenvalue weighted by Gasteiger charge is -2.32. The number of oxime groups is 1. The van der Waals surface area contributed by atoms with Gasteiger partial charge in [-0.25, -0.2) is 8.78 Å². The first-order valence-electron chi connectivity index (χ1n) is 5.97. The van der Waals surface area contributed by atoms with Crippen molar-refractivity contribution in [1.29, 1.82) is 0 Å².